The Labute approximate surface area is 163 Å². The van der Waals surface area contributed by atoms with Crippen molar-refractivity contribution >= 4 is 17.1 Å². The zero-order chi connectivity index (χ0) is 19.1. The van der Waals surface area contributed by atoms with Crippen LogP contribution in [-0.2, 0) is 28.0 Å². The van der Waals surface area contributed by atoms with Gasteiger partial charge in [0.2, 0.25) is 0 Å². The molecule has 0 N–H and O–H groups in total. The first-order valence-corrected chi connectivity index (χ1v) is 10.6. The van der Waals surface area contributed by atoms with Crippen molar-refractivity contribution < 1.29 is 14.3 Å². The standard InChI is InChI=1S/C23H23O3S/c1-18-8-6-7-11-20(18)17-27(2)22-14-12-21(13-15-22)26-23(24)25-16-19-9-4-3-5-10-19/h3-15H,16-17H2,1-2H3/q+1. The summed E-state index contributed by atoms with van der Waals surface area (Å²) in [6.07, 6.45) is 1.54. The van der Waals surface area contributed by atoms with Crippen LogP contribution in [0.2, 0.25) is 0 Å². The molecule has 1 atom stereocenters. The van der Waals surface area contributed by atoms with Crippen molar-refractivity contribution in [3.05, 3.63) is 95.6 Å². The van der Waals surface area contributed by atoms with Crippen LogP contribution in [0.25, 0.3) is 0 Å². The van der Waals surface area contributed by atoms with Gasteiger partial charge in [0.1, 0.15) is 24.4 Å². The minimum absolute atomic E-state index is 0.0843. The van der Waals surface area contributed by atoms with Gasteiger partial charge in [-0.3, -0.25) is 0 Å². The smallest absolute Gasteiger partial charge is 0.429 e. The molecule has 0 amide bonds. The van der Waals surface area contributed by atoms with Crippen LogP contribution in [0.1, 0.15) is 16.7 Å². The molecule has 0 spiro atoms. The molecule has 1 unspecified atom stereocenters. The van der Waals surface area contributed by atoms with Gasteiger partial charge in [0.05, 0.1) is 0 Å². The number of aryl methyl sites for hydroxylation is 1. The molecule has 0 radical (unpaired) electrons. The monoisotopic (exact) mass is 379 g/mol. The lowest BCUT2D eigenvalue weighted by molar-refractivity contribution is 0.0927. The van der Waals surface area contributed by atoms with Crippen LogP contribution in [0.15, 0.2) is 83.8 Å². The molecular formula is C23H23O3S+. The molecule has 4 heteroatoms. The summed E-state index contributed by atoms with van der Waals surface area (Å²) in [4.78, 5) is 13.1. The molecule has 0 fully saturated rings. The van der Waals surface area contributed by atoms with Gasteiger partial charge in [0.15, 0.2) is 4.90 Å². The summed E-state index contributed by atoms with van der Waals surface area (Å²) < 4.78 is 10.4. The summed E-state index contributed by atoms with van der Waals surface area (Å²) in [7, 11) is 0.0843. The first kappa shape index (κ1) is 19.1. The van der Waals surface area contributed by atoms with Gasteiger partial charge in [-0.05, 0) is 42.3 Å². The summed E-state index contributed by atoms with van der Waals surface area (Å²) in [6, 6.07) is 25.7. The summed E-state index contributed by atoms with van der Waals surface area (Å²) in [5.74, 6) is 1.50. The van der Waals surface area contributed by atoms with E-state index in [1.54, 1.807) is 0 Å². The van der Waals surface area contributed by atoms with Crippen LogP contribution in [0.3, 0.4) is 0 Å². The second-order valence-corrected chi connectivity index (χ2v) is 8.34. The predicted octanol–water partition coefficient (Wildman–Crippen LogP) is 5.52. The van der Waals surface area contributed by atoms with Crippen LogP contribution >= 0.6 is 0 Å². The highest BCUT2D eigenvalue weighted by Crippen LogP contribution is 2.22. The fourth-order valence-electron chi connectivity index (χ4n) is 2.67. The number of rotatable bonds is 6. The van der Waals surface area contributed by atoms with E-state index in [0.717, 1.165) is 11.3 Å². The van der Waals surface area contributed by atoms with Crippen LogP contribution in [0.5, 0.6) is 5.75 Å². The van der Waals surface area contributed by atoms with Crippen molar-refractivity contribution in [2.24, 2.45) is 0 Å². The molecule has 0 aliphatic rings. The third kappa shape index (κ3) is 5.63. The lowest BCUT2D eigenvalue weighted by Gasteiger charge is -2.08. The Morgan fingerprint density at radius 3 is 2.26 bits per heavy atom. The number of carbonyl (C=O) groups excluding carboxylic acids is 1. The van der Waals surface area contributed by atoms with Crippen molar-refractivity contribution in [2.45, 2.75) is 24.2 Å². The summed E-state index contributed by atoms with van der Waals surface area (Å²) in [6.45, 7) is 2.34. The molecule has 0 saturated heterocycles. The molecule has 27 heavy (non-hydrogen) atoms. The Hall–Kier alpha value is -2.72. The number of hydrogen-bond acceptors (Lipinski definition) is 3. The quantitative estimate of drug-likeness (QED) is 0.321. The van der Waals surface area contributed by atoms with E-state index in [1.807, 2.05) is 54.6 Å². The van der Waals surface area contributed by atoms with Crippen molar-refractivity contribution in [1.82, 2.24) is 0 Å². The van der Waals surface area contributed by atoms with E-state index in [1.165, 1.54) is 16.0 Å². The number of hydrogen-bond donors (Lipinski definition) is 0. The molecule has 3 aromatic carbocycles. The topological polar surface area (TPSA) is 35.5 Å². The Morgan fingerprint density at radius 1 is 0.889 bits per heavy atom. The summed E-state index contributed by atoms with van der Waals surface area (Å²) in [5, 5.41) is 0. The van der Waals surface area contributed by atoms with Gasteiger partial charge in [-0.1, -0.05) is 54.6 Å². The van der Waals surface area contributed by atoms with Crippen molar-refractivity contribution in [1.29, 1.82) is 0 Å². The van der Waals surface area contributed by atoms with Gasteiger partial charge in [0.25, 0.3) is 0 Å². The average molecular weight is 380 g/mol. The van der Waals surface area contributed by atoms with Gasteiger partial charge in [0, 0.05) is 16.5 Å². The van der Waals surface area contributed by atoms with Gasteiger partial charge in [-0.2, -0.15) is 0 Å². The Kier molecular flexibility index (Phi) is 6.55. The van der Waals surface area contributed by atoms with E-state index in [4.69, 9.17) is 9.47 Å². The van der Waals surface area contributed by atoms with Gasteiger partial charge in [-0.25, -0.2) is 4.79 Å². The van der Waals surface area contributed by atoms with E-state index >= 15 is 0 Å². The molecule has 0 saturated carbocycles. The molecule has 0 bridgehead atoms. The summed E-state index contributed by atoms with van der Waals surface area (Å²) >= 11 is 0. The third-order valence-corrected chi connectivity index (χ3v) is 6.08. The molecule has 3 nitrogen and oxygen atoms in total. The van der Waals surface area contributed by atoms with E-state index in [2.05, 4.69) is 37.4 Å². The first-order chi connectivity index (χ1) is 13.1. The van der Waals surface area contributed by atoms with Crippen LogP contribution < -0.4 is 4.74 Å². The maximum atomic E-state index is 11.8. The fourth-order valence-corrected chi connectivity index (χ4v) is 4.23. The molecule has 3 aromatic rings. The van der Waals surface area contributed by atoms with Crippen molar-refractivity contribution in [2.75, 3.05) is 6.26 Å². The minimum atomic E-state index is -0.693. The Bertz CT molecular complexity index is 876. The maximum absolute atomic E-state index is 11.8. The molecule has 0 aliphatic heterocycles. The third-order valence-electron chi connectivity index (χ3n) is 4.26. The van der Waals surface area contributed by atoms with Crippen molar-refractivity contribution in [3.8, 4) is 5.75 Å². The highest BCUT2D eigenvalue weighted by molar-refractivity contribution is 7.95. The normalized spacial score (nSPS) is 11.6. The lowest BCUT2D eigenvalue weighted by atomic mass is 10.1. The predicted molar refractivity (Wildman–Crippen MR) is 110 cm³/mol. The Balaban J connectivity index is 1.53. The number of carbonyl (C=O) groups is 1. The SMILES string of the molecule is Cc1ccccc1C[S+](C)c1ccc(OC(=O)OCc2ccccc2)cc1. The fraction of sp³-hybridized carbons (Fsp3) is 0.174. The molecule has 138 valence electrons. The molecule has 0 aliphatic carbocycles. The van der Waals surface area contributed by atoms with Gasteiger partial charge >= 0.3 is 6.16 Å². The minimum Gasteiger partial charge on any atom is -0.429 e. The van der Waals surface area contributed by atoms with E-state index < -0.39 is 6.16 Å². The second kappa shape index (κ2) is 9.28. The molecule has 0 aromatic heterocycles. The largest absolute Gasteiger partial charge is 0.514 e. The van der Waals surface area contributed by atoms with Crippen LogP contribution in [0, 0.1) is 6.92 Å². The number of benzene rings is 3. The maximum Gasteiger partial charge on any atom is 0.514 e. The van der Waals surface area contributed by atoms with Gasteiger partial charge < -0.3 is 9.47 Å². The molecule has 0 heterocycles. The second-order valence-electron chi connectivity index (χ2n) is 6.31. The van der Waals surface area contributed by atoms with E-state index in [0.29, 0.717) is 5.75 Å². The first-order valence-electron chi connectivity index (χ1n) is 8.77. The van der Waals surface area contributed by atoms with E-state index in [9.17, 15) is 4.79 Å². The number of ether oxygens (including phenoxy) is 2. The average Bonchev–Trinajstić information content (AvgIpc) is 2.69. The Morgan fingerprint density at radius 2 is 1.56 bits per heavy atom. The van der Waals surface area contributed by atoms with Gasteiger partial charge in [-0.15, -0.1) is 0 Å². The zero-order valence-electron chi connectivity index (χ0n) is 15.6. The lowest BCUT2D eigenvalue weighted by Crippen LogP contribution is -2.10. The van der Waals surface area contributed by atoms with Crippen LogP contribution in [0.4, 0.5) is 4.79 Å². The highest BCUT2D eigenvalue weighted by Gasteiger charge is 2.18. The summed E-state index contributed by atoms with van der Waals surface area (Å²) in [5.41, 5.74) is 3.61. The van der Waals surface area contributed by atoms with E-state index in [-0.39, 0.29) is 17.5 Å². The van der Waals surface area contributed by atoms with Crippen molar-refractivity contribution in [3.63, 3.8) is 0 Å². The molecular weight excluding hydrogens is 356 g/mol. The van der Waals surface area contributed by atoms with Crippen LogP contribution in [-0.4, -0.2) is 12.4 Å². The molecule has 3 rings (SSSR count). The highest BCUT2D eigenvalue weighted by atomic mass is 32.2. The zero-order valence-corrected chi connectivity index (χ0v) is 16.4.